The summed E-state index contributed by atoms with van der Waals surface area (Å²) in [5.41, 5.74) is 4.05. The first kappa shape index (κ1) is 9.64. The second-order valence-electron chi connectivity index (χ2n) is 4.42. The van der Waals surface area contributed by atoms with Crippen molar-refractivity contribution >= 4 is 0 Å². The van der Waals surface area contributed by atoms with Gasteiger partial charge in [0.25, 0.3) is 0 Å². The molecule has 2 heteroatoms. The van der Waals surface area contributed by atoms with Crippen LogP contribution in [0.4, 0.5) is 0 Å². The van der Waals surface area contributed by atoms with Crippen LogP contribution in [0, 0.1) is 0 Å². The molecule has 0 unspecified atom stereocenters. The van der Waals surface area contributed by atoms with Crippen LogP contribution < -0.4 is 0 Å². The quantitative estimate of drug-likeness (QED) is 0.664. The first-order valence-corrected chi connectivity index (χ1v) is 6.06. The summed E-state index contributed by atoms with van der Waals surface area (Å²) in [4.78, 5) is 0. The van der Waals surface area contributed by atoms with E-state index in [-0.39, 0.29) is 0 Å². The molecule has 3 rings (SSSR count). The monoisotopic (exact) mass is 212 g/mol. The minimum Gasteiger partial charge on any atom is -0.238 e. The van der Waals surface area contributed by atoms with Crippen LogP contribution in [0.2, 0.25) is 0 Å². The lowest BCUT2D eigenvalue weighted by atomic mass is 10.1. The van der Waals surface area contributed by atoms with Gasteiger partial charge in [0.15, 0.2) is 0 Å². The Labute approximate surface area is 95.9 Å². The number of aryl methyl sites for hydroxylation is 1. The summed E-state index contributed by atoms with van der Waals surface area (Å²) in [6.07, 6.45) is 8.38. The summed E-state index contributed by atoms with van der Waals surface area (Å²) in [6, 6.07) is 10.4. The molecule has 0 fully saturated rings. The van der Waals surface area contributed by atoms with Gasteiger partial charge in [-0.25, -0.2) is 4.68 Å². The van der Waals surface area contributed by atoms with Gasteiger partial charge in [0.2, 0.25) is 0 Å². The summed E-state index contributed by atoms with van der Waals surface area (Å²) in [5.74, 6) is 0. The number of fused-ring (bicyclic) bond motifs is 1. The van der Waals surface area contributed by atoms with Gasteiger partial charge in [-0.2, -0.15) is 5.10 Å². The summed E-state index contributed by atoms with van der Waals surface area (Å²) >= 11 is 0. The topological polar surface area (TPSA) is 17.8 Å². The summed E-state index contributed by atoms with van der Waals surface area (Å²) in [7, 11) is 0. The maximum Gasteiger partial charge on any atom is 0.0648 e. The van der Waals surface area contributed by atoms with Crippen molar-refractivity contribution in [1.29, 1.82) is 0 Å². The highest BCUT2D eigenvalue weighted by Gasteiger charge is 2.14. The lowest BCUT2D eigenvalue weighted by Crippen LogP contribution is -2.02. The van der Waals surface area contributed by atoms with Gasteiger partial charge >= 0.3 is 0 Å². The summed E-state index contributed by atoms with van der Waals surface area (Å²) < 4.78 is 2.11. The van der Waals surface area contributed by atoms with E-state index in [0.717, 1.165) is 0 Å². The maximum atomic E-state index is 4.53. The Morgan fingerprint density at radius 3 is 2.62 bits per heavy atom. The molecule has 0 spiro atoms. The van der Waals surface area contributed by atoms with Crippen molar-refractivity contribution in [3.05, 3.63) is 47.8 Å². The van der Waals surface area contributed by atoms with Gasteiger partial charge in [0.05, 0.1) is 11.9 Å². The van der Waals surface area contributed by atoms with Crippen LogP contribution in [0.15, 0.2) is 36.5 Å². The average Bonchev–Trinajstić information content (AvgIpc) is 2.60. The second kappa shape index (κ2) is 4.12. The van der Waals surface area contributed by atoms with Crippen LogP contribution in [0.3, 0.4) is 0 Å². The van der Waals surface area contributed by atoms with E-state index in [2.05, 4.69) is 34.0 Å². The highest BCUT2D eigenvalue weighted by atomic mass is 15.3. The molecule has 1 aromatic heterocycles. The Hall–Kier alpha value is -1.57. The number of hydrogen-bond donors (Lipinski definition) is 0. The minimum atomic E-state index is 1.17. The zero-order valence-electron chi connectivity index (χ0n) is 9.39. The van der Waals surface area contributed by atoms with Crippen LogP contribution in [-0.4, -0.2) is 9.78 Å². The van der Waals surface area contributed by atoms with Crippen molar-refractivity contribution in [2.24, 2.45) is 0 Å². The van der Waals surface area contributed by atoms with Gasteiger partial charge in [-0.05, 0) is 43.4 Å². The maximum absolute atomic E-state index is 4.53. The van der Waals surface area contributed by atoms with Crippen LogP contribution in [0.1, 0.15) is 30.5 Å². The van der Waals surface area contributed by atoms with E-state index >= 15 is 0 Å². The molecule has 0 atom stereocenters. The number of rotatable bonds is 1. The Bertz CT molecular complexity index is 471. The highest BCUT2D eigenvalue weighted by Crippen LogP contribution is 2.22. The molecule has 0 radical (unpaired) electrons. The summed E-state index contributed by atoms with van der Waals surface area (Å²) in [6.45, 7) is 0. The fourth-order valence-electron chi connectivity index (χ4n) is 2.46. The Kier molecular flexibility index (Phi) is 2.49. The zero-order valence-corrected chi connectivity index (χ0v) is 9.39. The molecule has 1 heterocycles. The van der Waals surface area contributed by atoms with E-state index in [0.29, 0.717) is 0 Å². The third-order valence-electron chi connectivity index (χ3n) is 3.32. The molecule has 2 nitrogen and oxygen atoms in total. The fourth-order valence-corrected chi connectivity index (χ4v) is 2.46. The van der Waals surface area contributed by atoms with Gasteiger partial charge in [0, 0.05) is 5.69 Å². The molecule has 0 N–H and O–H groups in total. The number of nitrogens with zero attached hydrogens (tertiary/aromatic N) is 2. The molecule has 0 saturated heterocycles. The molecule has 16 heavy (non-hydrogen) atoms. The number of benzene rings is 1. The van der Waals surface area contributed by atoms with Crippen LogP contribution >= 0.6 is 0 Å². The van der Waals surface area contributed by atoms with Gasteiger partial charge < -0.3 is 0 Å². The van der Waals surface area contributed by atoms with Crippen LogP contribution in [0.5, 0.6) is 0 Å². The third-order valence-corrected chi connectivity index (χ3v) is 3.32. The smallest absolute Gasteiger partial charge is 0.0648 e. The van der Waals surface area contributed by atoms with Gasteiger partial charge in [0.1, 0.15) is 0 Å². The first-order chi connectivity index (χ1) is 7.95. The SMILES string of the molecule is c1ccc(-n2ncc3c2CCCCC3)cc1. The van der Waals surface area contributed by atoms with E-state index in [1.807, 2.05) is 12.3 Å². The minimum absolute atomic E-state index is 1.17. The second-order valence-corrected chi connectivity index (χ2v) is 4.42. The van der Waals surface area contributed by atoms with E-state index in [1.165, 1.54) is 49.0 Å². The molecule has 0 aliphatic heterocycles. The van der Waals surface area contributed by atoms with E-state index in [1.54, 1.807) is 0 Å². The van der Waals surface area contributed by atoms with E-state index in [4.69, 9.17) is 0 Å². The van der Waals surface area contributed by atoms with E-state index < -0.39 is 0 Å². The normalized spacial score (nSPS) is 15.5. The Balaban J connectivity index is 2.06. The largest absolute Gasteiger partial charge is 0.238 e. The van der Waals surface area contributed by atoms with Crippen molar-refractivity contribution in [1.82, 2.24) is 9.78 Å². The molecule has 0 amide bonds. The highest BCUT2D eigenvalue weighted by molar-refractivity contribution is 5.35. The van der Waals surface area contributed by atoms with Gasteiger partial charge in [-0.3, -0.25) is 0 Å². The first-order valence-electron chi connectivity index (χ1n) is 6.06. The lowest BCUT2D eigenvalue weighted by molar-refractivity contribution is 0.688. The standard InChI is InChI=1S/C14H16N2/c1-3-7-12-11-15-16(14(12)10-6-1)13-8-4-2-5-9-13/h2,4-5,8-9,11H,1,3,6-7,10H2. The average molecular weight is 212 g/mol. The molecule has 82 valence electrons. The van der Waals surface area contributed by atoms with Crippen LogP contribution in [0.25, 0.3) is 5.69 Å². The molecule has 0 saturated carbocycles. The Morgan fingerprint density at radius 2 is 1.75 bits per heavy atom. The fraction of sp³-hybridized carbons (Fsp3) is 0.357. The summed E-state index contributed by atoms with van der Waals surface area (Å²) in [5, 5.41) is 4.53. The van der Waals surface area contributed by atoms with Gasteiger partial charge in [-0.15, -0.1) is 0 Å². The zero-order chi connectivity index (χ0) is 10.8. The molecule has 2 aromatic rings. The van der Waals surface area contributed by atoms with Crippen molar-refractivity contribution in [2.75, 3.05) is 0 Å². The Morgan fingerprint density at radius 1 is 0.938 bits per heavy atom. The lowest BCUT2D eigenvalue weighted by Gasteiger charge is -2.07. The molecule has 0 bridgehead atoms. The number of para-hydroxylation sites is 1. The molecular formula is C14H16N2. The number of aromatic nitrogens is 2. The number of hydrogen-bond acceptors (Lipinski definition) is 1. The molecule has 1 aliphatic carbocycles. The van der Waals surface area contributed by atoms with Gasteiger partial charge in [-0.1, -0.05) is 24.6 Å². The van der Waals surface area contributed by atoms with Crippen molar-refractivity contribution in [3.8, 4) is 5.69 Å². The van der Waals surface area contributed by atoms with Crippen molar-refractivity contribution < 1.29 is 0 Å². The van der Waals surface area contributed by atoms with Crippen LogP contribution in [-0.2, 0) is 12.8 Å². The van der Waals surface area contributed by atoms with Crippen molar-refractivity contribution in [2.45, 2.75) is 32.1 Å². The predicted molar refractivity (Wildman–Crippen MR) is 64.8 cm³/mol. The van der Waals surface area contributed by atoms with E-state index in [9.17, 15) is 0 Å². The van der Waals surface area contributed by atoms with Crippen molar-refractivity contribution in [3.63, 3.8) is 0 Å². The molecular weight excluding hydrogens is 196 g/mol. The third kappa shape index (κ3) is 1.64. The predicted octanol–water partition coefficient (Wildman–Crippen LogP) is 3.14. The molecule has 1 aliphatic rings. The molecule has 1 aromatic carbocycles.